The average Bonchev–Trinajstić information content (AvgIpc) is 2.36. The van der Waals surface area contributed by atoms with Crippen LogP contribution in [-0.4, -0.2) is 15.4 Å². The number of hydrogen-bond acceptors (Lipinski definition) is 3. The number of rotatable bonds is 2. The molecule has 0 fully saturated rings. The number of alkyl halides is 1. The molecule has 0 aliphatic carbocycles. The van der Waals surface area contributed by atoms with E-state index in [-0.39, 0.29) is 0 Å². The SMILES string of the molecule is O=C(O)C(Br)c1cnsc1. The molecule has 0 aromatic carbocycles. The van der Waals surface area contributed by atoms with Crippen LogP contribution in [0.5, 0.6) is 0 Å². The molecule has 1 heterocycles. The first-order chi connectivity index (χ1) is 4.72. The van der Waals surface area contributed by atoms with Crippen molar-refractivity contribution in [1.29, 1.82) is 0 Å². The fraction of sp³-hybridized carbons (Fsp3) is 0.200. The first-order valence-electron chi connectivity index (χ1n) is 2.48. The lowest BCUT2D eigenvalue weighted by Crippen LogP contribution is -2.02. The first kappa shape index (κ1) is 7.68. The summed E-state index contributed by atoms with van der Waals surface area (Å²) in [6.45, 7) is 0. The molecular weight excluding hydrogens is 218 g/mol. The summed E-state index contributed by atoms with van der Waals surface area (Å²) in [5.74, 6) is -0.889. The minimum absolute atomic E-state index is 0.619. The molecule has 0 amide bonds. The quantitative estimate of drug-likeness (QED) is 0.774. The number of carboxylic acid groups (broad SMARTS) is 1. The van der Waals surface area contributed by atoms with E-state index in [2.05, 4.69) is 20.3 Å². The predicted molar refractivity (Wildman–Crippen MR) is 41.4 cm³/mol. The predicted octanol–water partition coefficient (Wildman–Crippen LogP) is 1.66. The fourth-order valence-electron chi connectivity index (χ4n) is 0.481. The summed E-state index contributed by atoms with van der Waals surface area (Å²) in [5.41, 5.74) is 0.692. The van der Waals surface area contributed by atoms with E-state index in [1.165, 1.54) is 17.7 Å². The minimum Gasteiger partial charge on any atom is -0.480 e. The number of aliphatic carboxylic acids is 1. The summed E-state index contributed by atoms with van der Waals surface area (Å²) in [6.07, 6.45) is 1.54. The lowest BCUT2D eigenvalue weighted by atomic mass is 10.3. The number of carboxylic acids is 1. The molecule has 0 aliphatic heterocycles. The van der Waals surface area contributed by atoms with Crippen LogP contribution in [0.25, 0.3) is 0 Å². The molecule has 1 N–H and O–H groups in total. The van der Waals surface area contributed by atoms with Gasteiger partial charge in [-0.2, -0.15) is 0 Å². The van der Waals surface area contributed by atoms with E-state index >= 15 is 0 Å². The summed E-state index contributed by atoms with van der Waals surface area (Å²) in [4.78, 5) is 9.71. The zero-order chi connectivity index (χ0) is 7.56. The molecule has 0 saturated heterocycles. The molecule has 0 radical (unpaired) electrons. The van der Waals surface area contributed by atoms with E-state index in [0.717, 1.165) is 0 Å². The van der Waals surface area contributed by atoms with Gasteiger partial charge < -0.3 is 5.11 Å². The van der Waals surface area contributed by atoms with Crippen molar-refractivity contribution < 1.29 is 9.90 Å². The lowest BCUT2D eigenvalue weighted by Gasteiger charge is -1.97. The standard InChI is InChI=1S/C5H4BrNO2S/c6-4(5(8)9)3-1-7-10-2-3/h1-2,4H,(H,8,9). The van der Waals surface area contributed by atoms with Crippen LogP contribution in [0.2, 0.25) is 0 Å². The maximum atomic E-state index is 10.3. The van der Waals surface area contributed by atoms with Crippen molar-refractivity contribution in [2.24, 2.45) is 0 Å². The molecule has 3 nitrogen and oxygen atoms in total. The summed E-state index contributed by atoms with van der Waals surface area (Å²) in [5, 5.41) is 10.2. The van der Waals surface area contributed by atoms with Gasteiger partial charge in [0, 0.05) is 17.1 Å². The topological polar surface area (TPSA) is 50.2 Å². The fourth-order valence-corrected chi connectivity index (χ4v) is 1.47. The van der Waals surface area contributed by atoms with Crippen molar-refractivity contribution in [2.45, 2.75) is 4.83 Å². The zero-order valence-electron chi connectivity index (χ0n) is 4.82. The molecule has 0 saturated carbocycles. The Balaban J connectivity index is 2.77. The third-order valence-corrected chi connectivity index (χ3v) is 2.49. The normalized spacial score (nSPS) is 12.9. The van der Waals surface area contributed by atoms with Crippen LogP contribution in [0.1, 0.15) is 10.4 Å². The van der Waals surface area contributed by atoms with Gasteiger partial charge in [0.1, 0.15) is 4.83 Å². The molecule has 1 atom stereocenters. The van der Waals surface area contributed by atoms with E-state index in [0.29, 0.717) is 5.56 Å². The van der Waals surface area contributed by atoms with E-state index < -0.39 is 10.8 Å². The van der Waals surface area contributed by atoms with E-state index in [1.807, 2.05) is 0 Å². The smallest absolute Gasteiger partial charge is 0.321 e. The highest BCUT2D eigenvalue weighted by Gasteiger charge is 2.15. The monoisotopic (exact) mass is 221 g/mol. The van der Waals surface area contributed by atoms with Crippen molar-refractivity contribution in [2.75, 3.05) is 0 Å². The second-order valence-corrected chi connectivity index (χ2v) is 3.23. The third kappa shape index (κ3) is 1.54. The summed E-state index contributed by atoms with van der Waals surface area (Å²) in [7, 11) is 0. The van der Waals surface area contributed by atoms with Gasteiger partial charge in [-0.05, 0) is 11.5 Å². The summed E-state index contributed by atoms with van der Waals surface area (Å²) < 4.78 is 3.77. The van der Waals surface area contributed by atoms with Gasteiger partial charge in [0.15, 0.2) is 0 Å². The van der Waals surface area contributed by atoms with Crippen LogP contribution < -0.4 is 0 Å². The van der Waals surface area contributed by atoms with Gasteiger partial charge in [0.2, 0.25) is 0 Å². The largest absolute Gasteiger partial charge is 0.480 e. The average molecular weight is 222 g/mol. The first-order valence-corrected chi connectivity index (χ1v) is 4.23. The van der Waals surface area contributed by atoms with Gasteiger partial charge in [-0.1, -0.05) is 15.9 Å². The number of nitrogens with zero attached hydrogens (tertiary/aromatic N) is 1. The molecule has 0 bridgehead atoms. The Labute approximate surface area is 70.0 Å². The van der Waals surface area contributed by atoms with Gasteiger partial charge in [-0.25, -0.2) is 4.37 Å². The van der Waals surface area contributed by atoms with Gasteiger partial charge in [-0.3, -0.25) is 4.79 Å². The van der Waals surface area contributed by atoms with E-state index in [4.69, 9.17) is 5.11 Å². The zero-order valence-corrected chi connectivity index (χ0v) is 7.22. The van der Waals surface area contributed by atoms with Crippen LogP contribution in [0.4, 0.5) is 0 Å². The molecule has 1 unspecified atom stereocenters. The third-order valence-electron chi connectivity index (χ3n) is 0.961. The highest BCUT2D eigenvalue weighted by atomic mass is 79.9. The molecule has 10 heavy (non-hydrogen) atoms. The van der Waals surface area contributed by atoms with Crippen molar-refractivity contribution in [3.63, 3.8) is 0 Å². The maximum absolute atomic E-state index is 10.3. The minimum atomic E-state index is -0.889. The van der Waals surface area contributed by atoms with Crippen molar-refractivity contribution in [1.82, 2.24) is 4.37 Å². The van der Waals surface area contributed by atoms with Crippen LogP contribution >= 0.6 is 27.5 Å². The Hall–Kier alpha value is -0.420. The van der Waals surface area contributed by atoms with Gasteiger partial charge in [0.25, 0.3) is 0 Å². The molecule has 0 spiro atoms. The number of hydrogen-bond donors (Lipinski definition) is 1. The van der Waals surface area contributed by atoms with Crippen molar-refractivity contribution in [3.8, 4) is 0 Å². The Kier molecular flexibility index (Phi) is 2.39. The van der Waals surface area contributed by atoms with E-state index in [9.17, 15) is 4.79 Å². The van der Waals surface area contributed by atoms with Gasteiger partial charge in [0.05, 0.1) is 0 Å². The van der Waals surface area contributed by atoms with Gasteiger partial charge >= 0.3 is 5.97 Å². The Morgan fingerprint density at radius 3 is 3.00 bits per heavy atom. The Bertz CT molecular complexity index is 224. The summed E-state index contributed by atoms with van der Waals surface area (Å²) >= 11 is 4.24. The number of aromatic nitrogens is 1. The number of halogens is 1. The highest BCUT2D eigenvalue weighted by Crippen LogP contribution is 2.22. The molecule has 54 valence electrons. The van der Waals surface area contributed by atoms with Gasteiger partial charge in [-0.15, -0.1) is 0 Å². The molecular formula is C5H4BrNO2S. The summed E-state index contributed by atoms with van der Waals surface area (Å²) in [6, 6.07) is 0. The van der Waals surface area contributed by atoms with Crippen molar-refractivity contribution >= 4 is 33.4 Å². The van der Waals surface area contributed by atoms with Crippen molar-refractivity contribution in [3.05, 3.63) is 17.1 Å². The second-order valence-electron chi connectivity index (χ2n) is 1.66. The molecule has 1 aromatic heterocycles. The molecule has 1 aromatic rings. The Morgan fingerprint density at radius 2 is 2.60 bits per heavy atom. The Morgan fingerprint density at radius 1 is 1.90 bits per heavy atom. The molecule has 0 aliphatic rings. The van der Waals surface area contributed by atoms with Crippen LogP contribution in [0.3, 0.4) is 0 Å². The van der Waals surface area contributed by atoms with Crippen LogP contribution in [0.15, 0.2) is 11.6 Å². The lowest BCUT2D eigenvalue weighted by molar-refractivity contribution is -0.136. The maximum Gasteiger partial charge on any atom is 0.321 e. The second kappa shape index (κ2) is 3.12. The number of carbonyl (C=O) groups is 1. The molecule has 1 rings (SSSR count). The molecule has 5 heteroatoms. The highest BCUT2D eigenvalue weighted by molar-refractivity contribution is 9.09. The van der Waals surface area contributed by atoms with Crippen LogP contribution in [-0.2, 0) is 4.79 Å². The van der Waals surface area contributed by atoms with Crippen LogP contribution in [0, 0.1) is 0 Å². The van der Waals surface area contributed by atoms with E-state index in [1.54, 1.807) is 5.38 Å².